The van der Waals surface area contributed by atoms with Gasteiger partial charge in [-0.2, -0.15) is 0 Å². The third-order valence-corrected chi connectivity index (χ3v) is 4.89. The van der Waals surface area contributed by atoms with Gasteiger partial charge in [-0.3, -0.25) is 0 Å². The van der Waals surface area contributed by atoms with Crippen LogP contribution in [0, 0.1) is 61.4 Å². The first-order chi connectivity index (χ1) is 5.97. The Balaban J connectivity index is 0. The summed E-state index contributed by atoms with van der Waals surface area (Å²) in [6.07, 6.45) is 0. The maximum absolute atomic E-state index is 8.58. The molecular weight excluding hydrogens is 268 g/mol. The van der Waals surface area contributed by atoms with Gasteiger partial charge in [0.25, 0.3) is 0 Å². The summed E-state index contributed by atoms with van der Waals surface area (Å²) < 4.78 is 0. The molecule has 14 heavy (non-hydrogen) atoms. The molecule has 0 bridgehead atoms. The van der Waals surface area contributed by atoms with Crippen LogP contribution in [0.1, 0.15) is 0 Å². The fourth-order valence-corrected chi connectivity index (χ4v) is 1.09. The van der Waals surface area contributed by atoms with Crippen molar-refractivity contribution in [3.63, 3.8) is 0 Å². The monoisotopic (exact) mass is 268 g/mol. The summed E-state index contributed by atoms with van der Waals surface area (Å²) in [4.78, 5) is 6.19. The van der Waals surface area contributed by atoms with Gasteiger partial charge in [0.15, 0.2) is 0 Å². The largest absolute Gasteiger partial charge is 3.00 e. The molecule has 0 rings (SSSR count). The van der Waals surface area contributed by atoms with Crippen LogP contribution in [0.3, 0.4) is 0 Å². The van der Waals surface area contributed by atoms with E-state index in [0.717, 1.165) is 29.8 Å². The summed E-state index contributed by atoms with van der Waals surface area (Å²) in [5, 5.41) is 51.5. The van der Waals surface area contributed by atoms with Crippen LogP contribution in [0.15, 0.2) is 0 Å². The second kappa shape index (κ2) is 3.04. The van der Waals surface area contributed by atoms with Crippen molar-refractivity contribution in [2.45, 2.75) is 0 Å². The Morgan fingerprint density at radius 2 is 0.643 bits per heavy atom. The standard InChI is InChI=1S/6CN.2Fe/c6*1-2;;/q;;;;;;-3;+3. The van der Waals surface area contributed by atoms with Crippen LogP contribution in [0.5, 0.6) is 0 Å². The summed E-state index contributed by atoms with van der Waals surface area (Å²) in [5.41, 5.74) is 0. The van der Waals surface area contributed by atoms with Gasteiger partial charge < -0.3 is 0 Å². The molecule has 0 amide bonds. The molecule has 1 radical (unpaired) electrons. The number of hydrogen-bond acceptors (Lipinski definition) is 6. The molecule has 0 aromatic carbocycles. The van der Waals surface area contributed by atoms with Crippen LogP contribution < -0.4 is 0 Å². The van der Waals surface area contributed by atoms with E-state index in [2.05, 4.69) is 0 Å². The molecule has 0 aromatic heterocycles. The van der Waals surface area contributed by atoms with Gasteiger partial charge in [0.05, 0.1) is 0 Å². The van der Waals surface area contributed by atoms with Crippen molar-refractivity contribution in [1.29, 1.82) is 31.6 Å². The molecule has 0 heterocycles. The Morgan fingerprint density at radius 3 is 0.643 bits per heavy atom. The topological polar surface area (TPSA) is 143 Å². The predicted molar refractivity (Wildman–Crippen MR) is 33.7 cm³/mol. The van der Waals surface area contributed by atoms with Crippen molar-refractivity contribution < 1.29 is 27.8 Å². The minimum absolute atomic E-state index is 0. The molecule has 0 N–H and O–H groups in total. The molecule has 0 aliphatic rings. The average molecular weight is 268 g/mol. The zero-order valence-electron chi connectivity index (χ0n) is 6.39. The summed E-state index contributed by atoms with van der Waals surface area (Å²) in [7, 11) is -6.17. The van der Waals surface area contributed by atoms with Gasteiger partial charge in [-0.1, -0.05) is 0 Å². The number of nitriles is 6. The average Bonchev–Trinajstić information content (AvgIpc) is 2.26. The van der Waals surface area contributed by atoms with Gasteiger partial charge in [0.2, 0.25) is 0 Å². The third-order valence-electron chi connectivity index (χ3n) is 1.19. The second-order valence-corrected chi connectivity index (χ2v) is 7.42. The van der Waals surface area contributed by atoms with Crippen LogP contribution >= 0.6 is 0 Å². The van der Waals surface area contributed by atoms with E-state index >= 15 is 0 Å². The van der Waals surface area contributed by atoms with E-state index in [4.69, 9.17) is 31.6 Å². The Labute approximate surface area is 89.2 Å². The molecule has 0 unspecified atom stereocenters. The summed E-state index contributed by atoms with van der Waals surface area (Å²) in [6.45, 7) is 0. The van der Waals surface area contributed by atoms with Crippen LogP contribution in [-0.4, -0.2) is 0 Å². The van der Waals surface area contributed by atoms with Gasteiger partial charge in [0, 0.05) is 0 Å². The van der Waals surface area contributed by atoms with E-state index in [9.17, 15) is 0 Å². The van der Waals surface area contributed by atoms with Gasteiger partial charge in [-0.05, 0) is 0 Å². The Kier molecular flexibility index (Phi) is 3.14. The zero-order chi connectivity index (χ0) is 10.7. The van der Waals surface area contributed by atoms with Crippen molar-refractivity contribution in [3.05, 3.63) is 0 Å². The van der Waals surface area contributed by atoms with Crippen molar-refractivity contribution >= 4 is 0 Å². The van der Waals surface area contributed by atoms with Crippen LogP contribution in [-0.2, 0) is 27.8 Å². The normalized spacial score (nSPS) is 12.4. The summed E-state index contributed by atoms with van der Waals surface area (Å²) in [5.74, 6) is 0. The Hall–Kier alpha value is -2.02. The molecule has 8 heteroatoms. The quantitative estimate of drug-likeness (QED) is 0.569. The van der Waals surface area contributed by atoms with E-state index in [0.29, 0.717) is 0 Å². The molecule has 0 spiro atoms. The van der Waals surface area contributed by atoms with Crippen molar-refractivity contribution in [2.75, 3.05) is 0 Å². The number of hydrogen-bond donors (Lipinski definition) is 0. The van der Waals surface area contributed by atoms with E-state index in [1.807, 2.05) is 0 Å². The summed E-state index contributed by atoms with van der Waals surface area (Å²) in [6, 6.07) is 0. The molecule has 0 aliphatic carbocycles. The second-order valence-electron chi connectivity index (χ2n) is 1.80. The fourth-order valence-electron chi connectivity index (χ4n) is 0.265. The molecular formula is C6Fe2N6. The Bertz CT molecular complexity index is 390. The minimum atomic E-state index is -6.17. The molecule has 0 fully saturated rings. The zero-order valence-corrected chi connectivity index (χ0v) is 8.60. The van der Waals surface area contributed by atoms with Crippen molar-refractivity contribution in [2.24, 2.45) is 0 Å². The van der Waals surface area contributed by atoms with Gasteiger partial charge in [0.1, 0.15) is 0 Å². The van der Waals surface area contributed by atoms with E-state index in [1.54, 1.807) is 0 Å². The first kappa shape index (κ1) is 14.5. The van der Waals surface area contributed by atoms with Gasteiger partial charge in [-0.25, -0.2) is 0 Å². The fraction of sp³-hybridized carbons (Fsp3) is 0. The minimum Gasteiger partial charge on any atom is 3.00 e. The molecule has 0 aliphatic heterocycles. The van der Waals surface area contributed by atoms with Gasteiger partial charge in [-0.15, -0.1) is 0 Å². The van der Waals surface area contributed by atoms with E-state index < -0.39 is 10.7 Å². The third kappa shape index (κ3) is 1.03. The Morgan fingerprint density at radius 1 is 0.500 bits per heavy atom. The predicted octanol–water partition coefficient (Wildman–Crippen LogP) is 0.0957. The van der Waals surface area contributed by atoms with Crippen LogP contribution in [0.4, 0.5) is 0 Å². The SMILES string of the molecule is N#[C][Fe-3]([C]#N)([C]#N)([C]#N)([C]#N)[C]#N.[Fe+3]. The molecule has 70 valence electrons. The number of rotatable bonds is 0. The van der Waals surface area contributed by atoms with Crippen LogP contribution in [0.25, 0.3) is 0 Å². The smallest absolute Gasteiger partial charge is 3.00 e. The van der Waals surface area contributed by atoms with Crippen molar-refractivity contribution in [3.8, 4) is 29.8 Å². The summed E-state index contributed by atoms with van der Waals surface area (Å²) >= 11 is 0. The van der Waals surface area contributed by atoms with Crippen molar-refractivity contribution in [1.82, 2.24) is 0 Å². The van der Waals surface area contributed by atoms with E-state index in [1.165, 1.54) is 0 Å². The molecule has 6 nitrogen and oxygen atoms in total. The number of nitrogens with zero attached hydrogens (tertiary/aromatic N) is 6. The molecule has 0 saturated carbocycles. The molecule has 0 aromatic rings. The van der Waals surface area contributed by atoms with Crippen LogP contribution in [0.2, 0.25) is 0 Å². The molecule has 0 saturated heterocycles. The molecule has 0 atom stereocenters. The first-order valence-corrected chi connectivity index (χ1v) is 5.71. The van der Waals surface area contributed by atoms with Gasteiger partial charge >= 0.3 is 89.2 Å². The van der Waals surface area contributed by atoms with E-state index in [-0.39, 0.29) is 17.1 Å². The first-order valence-electron chi connectivity index (χ1n) is 2.40. The maximum atomic E-state index is 8.58. The maximum Gasteiger partial charge on any atom is 3.00 e.